The fraction of sp³-hybridized carbons (Fsp3) is 0.765. The van der Waals surface area contributed by atoms with E-state index in [0.717, 1.165) is 29.6 Å². The van der Waals surface area contributed by atoms with Crippen LogP contribution in [0.15, 0.2) is 23.8 Å². The fourth-order valence-electron chi connectivity index (χ4n) is 3.87. The fourth-order valence-corrected chi connectivity index (χ4v) is 3.87. The molecular weight excluding hydrogens is 204 g/mol. The number of rotatable bonds is 2. The third kappa shape index (κ3) is 2.67. The zero-order valence-corrected chi connectivity index (χ0v) is 11.9. The molecule has 0 bridgehead atoms. The first-order chi connectivity index (χ1) is 8.11. The van der Waals surface area contributed by atoms with Gasteiger partial charge in [0.1, 0.15) is 0 Å². The van der Waals surface area contributed by atoms with Crippen LogP contribution >= 0.6 is 0 Å². The molecule has 0 aromatic rings. The van der Waals surface area contributed by atoms with E-state index in [1.54, 1.807) is 5.57 Å². The molecule has 0 N–H and O–H groups in total. The van der Waals surface area contributed by atoms with Gasteiger partial charge in [-0.1, -0.05) is 51.5 Å². The van der Waals surface area contributed by atoms with Gasteiger partial charge in [0.2, 0.25) is 0 Å². The van der Waals surface area contributed by atoms with Crippen LogP contribution in [-0.2, 0) is 0 Å². The van der Waals surface area contributed by atoms with Crippen molar-refractivity contribution in [3.05, 3.63) is 23.8 Å². The minimum absolute atomic E-state index is 0.806. The lowest BCUT2D eigenvalue weighted by Crippen LogP contribution is -2.15. The lowest BCUT2D eigenvalue weighted by Gasteiger charge is -2.24. The van der Waals surface area contributed by atoms with Crippen LogP contribution in [0, 0.1) is 29.6 Å². The van der Waals surface area contributed by atoms with E-state index in [4.69, 9.17) is 0 Å². The van der Waals surface area contributed by atoms with Crippen molar-refractivity contribution in [3.8, 4) is 0 Å². The first-order valence-corrected chi connectivity index (χ1v) is 7.48. The van der Waals surface area contributed by atoms with Crippen LogP contribution in [0.3, 0.4) is 0 Å². The summed E-state index contributed by atoms with van der Waals surface area (Å²) in [6.07, 6.45) is 12.6. The Kier molecular flexibility index (Phi) is 4.12. The summed E-state index contributed by atoms with van der Waals surface area (Å²) in [6.45, 7) is 9.63. The third-order valence-corrected chi connectivity index (χ3v) is 4.87. The average molecular weight is 232 g/mol. The Bertz CT molecular complexity index is 306. The second-order valence-corrected chi connectivity index (χ2v) is 6.63. The van der Waals surface area contributed by atoms with Crippen LogP contribution in [0.4, 0.5) is 0 Å². The Morgan fingerprint density at radius 3 is 2.53 bits per heavy atom. The van der Waals surface area contributed by atoms with Gasteiger partial charge in [-0.15, -0.1) is 0 Å². The highest BCUT2D eigenvalue weighted by Crippen LogP contribution is 2.49. The quantitative estimate of drug-likeness (QED) is 0.612. The molecule has 1 fully saturated rings. The molecule has 0 aliphatic heterocycles. The van der Waals surface area contributed by atoms with Crippen LogP contribution in [0.1, 0.15) is 53.4 Å². The molecule has 3 atom stereocenters. The minimum Gasteiger partial charge on any atom is -0.0845 e. The lowest BCUT2D eigenvalue weighted by atomic mass is 9.81. The molecule has 1 saturated carbocycles. The summed E-state index contributed by atoms with van der Waals surface area (Å²) in [5.74, 6) is 4.30. The zero-order chi connectivity index (χ0) is 12.4. The highest BCUT2D eigenvalue weighted by Gasteiger charge is 2.40. The Labute approximate surface area is 107 Å². The predicted molar refractivity (Wildman–Crippen MR) is 75.8 cm³/mol. The van der Waals surface area contributed by atoms with Crippen molar-refractivity contribution in [1.29, 1.82) is 0 Å². The lowest BCUT2D eigenvalue weighted by molar-refractivity contribution is 0.285. The number of hydrogen-bond acceptors (Lipinski definition) is 0. The van der Waals surface area contributed by atoms with Gasteiger partial charge in [-0.25, -0.2) is 0 Å². The SMILES string of the molecule is CC(C)C1CC(C(C)C)C2CCC/C=C\C=C\12. The van der Waals surface area contributed by atoms with Gasteiger partial charge >= 0.3 is 0 Å². The number of hydrogen-bond donors (Lipinski definition) is 0. The first kappa shape index (κ1) is 12.9. The molecular formula is C17H28. The molecule has 0 heteroatoms. The maximum atomic E-state index is 2.46. The molecule has 0 aromatic heterocycles. The molecule has 2 aliphatic rings. The number of allylic oxidation sites excluding steroid dienone is 4. The Hall–Kier alpha value is -0.520. The molecule has 0 amide bonds. The van der Waals surface area contributed by atoms with E-state index in [1.807, 2.05) is 0 Å². The van der Waals surface area contributed by atoms with Gasteiger partial charge in [0.15, 0.2) is 0 Å². The highest BCUT2D eigenvalue weighted by molar-refractivity contribution is 5.25. The van der Waals surface area contributed by atoms with E-state index in [-0.39, 0.29) is 0 Å². The van der Waals surface area contributed by atoms with Crippen LogP contribution < -0.4 is 0 Å². The van der Waals surface area contributed by atoms with E-state index < -0.39 is 0 Å². The van der Waals surface area contributed by atoms with Gasteiger partial charge in [-0.05, 0) is 55.3 Å². The maximum absolute atomic E-state index is 2.46. The molecule has 0 nitrogen and oxygen atoms in total. The van der Waals surface area contributed by atoms with E-state index in [0.29, 0.717) is 0 Å². The molecule has 3 unspecified atom stereocenters. The summed E-state index contributed by atoms with van der Waals surface area (Å²) in [5, 5.41) is 0. The zero-order valence-electron chi connectivity index (χ0n) is 11.9. The standard InChI is InChI=1S/C17H28/c1-12(2)16-11-17(13(3)4)15-10-8-6-5-7-9-14(15)16/h5,7,9,12-13,15-17H,6,8,10-11H2,1-4H3/b7-5-,14-9+. The summed E-state index contributed by atoms with van der Waals surface area (Å²) < 4.78 is 0. The molecule has 0 aromatic carbocycles. The summed E-state index contributed by atoms with van der Waals surface area (Å²) in [4.78, 5) is 0. The normalized spacial score (nSPS) is 38.5. The summed E-state index contributed by atoms with van der Waals surface area (Å²) in [6, 6.07) is 0. The summed E-state index contributed by atoms with van der Waals surface area (Å²) >= 11 is 0. The van der Waals surface area contributed by atoms with Gasteiger partial charge in [-0.3, -0.25) is 0 Å². The van der Waals surface area contributed by atoms with Crippen LogP contribution in [0.2, 0.25) is 0 Å². The molecule has 2 aliphatic carbocycles. The van der Waals surface area contributed by atoms with Crippen molar-refractivity contribution in [3.63, 3.8) is 0 Å². The molecule has 0 saturated heterocycles. The van der Waals surface area contributed by atoms with Crippen molar-refractivity contribution >= 4 is 0 Å². The van der Waals surface area contributed by atoms with Gasteiger partial charge in [0.25, 0.3) is 0 Å². The van der Waals surface area contributed by atoms with Crippen LogP contribution in [0.25, 0.3) is 0 Å². The Morgan fingerprint density at radius 1 is 1.12 bits per heavy atom. The van der Waals surface area contributed by atoms with Gasteiger partial charge in [-0.2, -0.15) is 0 Å². The van der Waals surface area contributed by atoms with E-state index in [1.165, 1.54) is 25.7 Å². The van der Waals surface area contributed by atoms with Crippen LogP contribution in [0.5, 0.6) is 0 Å². The van der Waals surface area contributed by atoms with Crippen molar-refractivity contribution in [1.82, 2.24) is 0 Å². The largest absolute Gasteiger partial charge is 0.0845 e. The minimum atomic E-state index is 0.806. The van der Waals surface area contributed by atoms with Crippen molar-refractivity contribution in [2.45, 2.75) is 53.4 Å². The molecule has 2 rings (SSSR count). The van der Waals surface area contributed by atoms with Crippen molar-refractivity contribution in [2.75, 3.05) is 0 Å². The molecule has 0 spiro atoms. The van der Waals surface area contributed by atoms with Crippen molar-refractivity contribution < 1.29 is 0 Å². The van der Waals surface area contributed by atoms with E-state index in [2.05, 4.69) is 45.9 Å². The van der Waals surface area contributed by atoms with Gasteiger partial charge in [0, 0.05) is 0 Å². The molecule has 17 heavy (non-hydrogen) atoms. The summed E-state index contributed by atoms with van der Waals surface area (Å²) in [7, 11) is 0. The average Bonchev–Trinajstić information content (AvgIpc) is 2.55. The van der Waals surface area contributed by atoms with Gasteiger partial charge in [0.05, 0.1) is 0 Å². The monoisotopic (exact) mass is 232 g/mol. The second-order valence-electron chi connectivity index (χ2n) is 6.63. The second kappa shape index (κ2) is 5.42. The topological polar surface area (TPSA) is 0 Å². The summed E-state index contributed by atoms with van der Waals surface area (Å²) in [5.41, 5.74) is 1.77. The van der Waals surface area contributed by atoms with E-state index in [9.17, 15) is 0 Å². The Morgan fingerprint density at radius 2 is 1.88 bits per heavy atom. The predicted octanol–water partition coefficient (Wildman–Crippen LogP) is 5.22. The van der Waals surface area contributed by atoms with Crippen molar-refractivity contribution in [2.24, 2.45) is 29.6 Å². The maximum Gasteiger partial charge on any atom is -0.0166 e. The van der Waals surface area contributed by atoms with E-state index >= 15 is 0 Å². The van der Waals surface area contributed by atoms with Crippen LogP contribution in [-0.4, -0.2) is 0 Å². The first-order valence-electron chi connectivity index (χ1n) is 7.48. The number of fused-ring (bicyclic) bond motifs is 1. The Balaban J connectivity index is 2.28. The van der Waals surface area contributed by atoms with Gasteiger partial charge < -0.3 is 0 Å². The smallest absolute Gasteiger partial charge is 0.0166 e. The highest BCUT2D eigenvalue weighted by atomic mass is 14.4. The molecule has 0 heterocycles. The molecule has 96 valence electrons. The molecule has 0 radical (unpaired) electrons. The third-order valence-electron chi connectivity index (χ3n) is 4.87.